The molecule has 46 heavy (non-hydrogen) atoms. The molecule has 3 aliphatic rings. The van der Waals surface area contributed by atoms with Crippen LogP contribution in [0.15, 0.2) is 29.0 Å². The number of phenols is 1. The van der Waals surface area contributed by atoms with E-state index in [1.54, 1.807) is 6.07 Å². The highest BCUT2D eigenvalue weighted by molar-refractivity contribution is 6.25. The minimum absolute atomic E-state index is 0.165. The molecule has 1 fully saturated rings. The monoisotopic (exact) mass is 643 g/mol. The lowest BCUT2D eigenvalue weighted by Crippen LogP contribution is -2.80. The van der Waals surface area contributed by atoms with Gasteiger partial charge < -0.3 is 32.5 Å². The number of hydrogen-bond donors (Lipinski definition) is 6. The second kappa shape index (κ2) is 10.1. The first-order valence-corrected chi connectivity index (χ1v) is 13.1. The molecule has 0 radical (unpaired) electrons. The number of amides is 1. The number of halogens is 5. The third-order valence-electron chi connectivity index (χ3n) is 8.67. The van der Waals surface area contributed by atoms with Crippen molar-refractivity contribution in [3.05, 3.63) is 80.4 Å². The molecular weight excluding hydrogens is 621 g/mol. The smallest absolute Gasteiger partial charge is 0.255 e. The van der Waals surface area contributed by atoms with Gasteiger partial charge in [0.15, 0.2) is 40.3 Å². The van der Waals surface area contributed by atoms with E-state index in [1.165, 1.54) is 19.0 Å². The first-order chi connectivity index (χ1) is 21.3. The molecule has 0 saturated heterocycles. The van der Waals surface area contributed by atoms with E-state index in [-0.39, 0.29) is 11.1 Å². The highest BCUT2D eigenvalue weighted by Crippen LogP contribution is 2.58. The molecule has 5 rings (SSSR count). The average molecular weight is 644 g/mol. The first kappa shape index (κ1) is 32.1. The number of primary amides is 1. The summed E-state index contributed by atoms with van der Waals surface area (Å²) in [5.74, 6) is -14.3. The molecule has 1 saturated carbocycles. The summed E-state index contributed by atoms with van der Waals surface area (Å²) in [7, 11) is 2.66. The summed E-state index contributed by atoms with van der Waals surface area (Å²) in [6, 6.07) is 1.97. The van der Waals surface area contributed by atoms with Crippen LogP contribution >= 0.6 is 0 Å². The molecule has 9 N–H and O–H groups in total. The number of nitrogens with two attached hydrogens (primary N) is 3. The van der Waals surface area contributed by atoms with Crippen LogP contribution in [0.2, 0.25) is 0 Å². The maximum Gasteiger partial charge on any atom is 0.255 e. The van der Waals surface area contributed by atoms with Crippen molar-refractivity contribution in [1.29, 1.82) is 5.26 Å². The zero-order valence-corrected chi connectivity index (χ0v) is 23.7. The first-order valence-electron chi connectivity index (χ1n) is 13.1. The highest BCUT2D eigenvalue weighted by atomic mass is 19.2. The Hall–Kier alpha value is -5.29. The maximum atomic E-state index is 14.3. The number of benzene rings is 2. The van der Waals surface area contributed by atoms with Crippen LogP contribution < -0.4 is 17.2 Å². The van der Waals surface area contributed by atoms with Gasteiger partial charge in [-0.05, 0) is 44.6 Å². The Balaban J connectivity index is 1.80. The lowest BCUT2D eigenvalue weighted by atomic mass is 9.47. The number of phenolic OH excluding ortho intramolecular Hbond substituents is 1. The number of carbonyl (C=O) groups excluding carboxylic acids is 3. The summed E-state index contributed by atoms with van der Waals surface area (Å²) in [5.41, 5.74) is 7.19. The van der Waals surface area contributed by atoms with Crippen molar-refractivity contribution in [3.63, 3.8) is 0 Å². The van der Waals surface area contributed by atoms with Crippen molar-refractivity contribution in [1.82, 2.24) is 4.90 Å². The number of carbonyl (C=O) groups is 3. The van der Waals surface area contributed by atoms with Gasteiger partial charge in [-0.1, -0.05) is 11.8 Å². The Morgan fingerprint density at radius 3 is 2.07 bits per heavy atom. The topological polar surface area (TPSA) is 217 Å². The van der Waals surface area contributed by atoms with Crippen molar-refractivity contribution >= 4 is 23.2 Å². The number of aliphatic hydroxyl groups is 2. The number of rotatable bonds is 2. The number of aromatic hydroxyl groups is 1. The normalized spacial score (nSPS) is 27.0. The predicted molar refractivity (Wildman–Crippen MR) is 146 cm³/mol. The molecule has 0 bridgehead atoms. The van der Waals surface area contributed by atoms with Crippen LogP contribution in [0, 0.1) is 57.7 Å². The van der Waals surface area contributed by atoms with E-state index in [4.69, 9.17) is 17.2 Å². The van der Waals surface area contributed by atoms with Gasteiger partial charge in [-0.25, -0.2) is 22.0 Å². The van der Waals surface area contributed by atoms with Gasteiger partial charge in [0.2, 0.25) is 5.82 Å². The van der Waals surface area contributed by atoms with Crippen LogP contribution in [0.25, 0.3) is 5.76 Å². The van der Waals surface area contributed by atoms with E-state index in [0.29, 0.717) is 0 Å². The third-order valence-corrected chi connectivity index (χ3v) is 8.67. The predicted octanol–water partition coefficient (Wildman–Crippen LogP) is 1.00. The minimum atomic E-state index is -2.90. The number of nitrogens with zero attached hydrogens (tertiary/aromatic N) is 2. The molecular formula is C30H22F5N5O6. The maximum absolute atomic E-state index is 14.3. The molecule has 2 aromatic rings. The van der Waals surface area contributed by atoms with Crippen molar-refractivity contribution in [2.24, 2.45) is 22.6 Å². The number of Topliss-reactive ketones (excluding diaryl/α,β-unsaturated/α-hetero) is 2. The molecule has 16 heteroatoms. The zero-order valence-electron chi connectivity index (χ0n) is 23.7. The van der Waals surface area contributed by atoms with Gasteiger partial charge in [-0.15, -0.1) is 0 Å². The molecule has 4 atom stereocenters. The molecule has 0 spiro atoms. The number of fused-ring (bicyclic) bond motifs is 3. The van der Waals surface area contributed by atoms with E-state index in [0.717, 1.165) is 12.1 Å². The van der Waals surface area contributed by atoms with Crippen LogP contribution in [0.4, 0.5) is 22.0 Å². The molecule has 0 aliphatic heterocycles. The third kappa shape index (κ3) is 3.84. The van der Waals surface area contributed by atoms with Crippen molar-refractivity contribution in [3.8, 4) is 23.7 Å². The lowest BCUT2D eigenvalue weighted by Gasteiger charge is -2.58. The van der Waals surface area contributed by atoms with Gasteiger partial charge in [-0.3, -0.25) is 19.3 Å². The highest BCUT2D eigenvalue weighted by Gasteiger charge is 2.74. The van der Waals surface area contributed by atoms with Crippen LogP contribution in [0.1, 0.15) is 28.7 Å². The van der Waals surface area contributed by atoms with E-state index < -0.39 is 121 Å². The van der Waals surface area contributed by atoms with E-state index >= 15 is 0 Å². The fraction of sp³-hybridized carbons (Fsp3) is 0.267. The van der Waals surface area contributed by atoms with Gasteiger partial charge in [0, 0.05) is 5.56 Å². The number of hydrogen-bond acceptors (Lipinski definition) is 10. The minimum Gasteiger partial charge on any atom is -0.509 e. The number of likely N-dealkylation sites (N-methyl/N-ethyl adjacent to an activating group) is 1. The summed E-state index contributed by atoms with van der Waals surface area (Å²) in [4.78, 5) is 41.2. The number of ketones is 2. The molecule has 2 aromatic carbocycles. The lowest BCUT2D eigenvalue weighted by molar-refractivity contribution is -0.139. The Bertz CT molecular complexity index is 1980. The Kier molecular flexibility index (Phi) is 7.06. The standard InChI is InChI=1S/C30H22F5N5O6/c1-40(2)24-23(43)15(27(37)46)25(44)29(9-36)26(45)16-22(42)14-12(7-28(16,38)8-30(24,29)39)10(4-6-13(14)41)3-5-11-17(31)19(33)21(35)20(34)18(11)32/h4,6,24,41-42,44H,7-8,38-39H2,1-2H3,(H2,37,46)/t24-,28-,29+,30-/m1/s1. The number of aliphatic hydroxyl groups excluding tert-OH is 2. The largest absolute Gasteiger partial charge is 0.509 e. The van der Waals surface area contributed by atoms with Crippen molar-refractivity contribution in [2.45, 2.75) is 30.0 Å². The summed E-state index contributed by atoms with van der Waals surface area (Å²) >= 11 is 0. The second-order valence-corrected chi connectivity index (χ2v) is 11.5. The molecule has 0 unspecified atom stereocenters. The molecule has 11 nitrogen and oxygen atoms in total. The van der Waals surface area contributed by atoms with Gasteiger partial charge in [-0.2, -0.15) is 5.26 Å². The summed E-state index contributed by atoms with van der Waals surface area (Å²) in [5, 5.41) is 43.7. The fourth-order valence-electron chi connectivity index (χ4n) is 6.79. The average Bonchev–Trinajstić information content (AvgIpc) is 2.95. The summed E-state index contributed by atoms with van der Waals surface area (Å²) < 4.78 is 69.7. The molecule has 238 valence electrons. The molecule has 0 aromatic heterocycles. The molecule has 3 aliphatic carbocycles. The molecule has 0 heterocycles. The zero-order chi connectivity index (χ0) is 34.4. The van der Waals surface area contributed by atoms with Crippen LogP contribution in [0.5, 0.6) is 5.75 Å². The van der Waals surface area contributed by atoms with E-state index in [1.807, 2.05) is 5.92 Å². The van der Waals surface area contributed by atoms with E-state index in [2.05, 4.69) is 5.92 Å². The quantitative estimate of drug-likeness (QED) is 0.0897. The van der Waals surface area contributed by atoms with Crippen LogP contribution in [0.3, 0.4) is 0 Å². The van der Waals surface area contributed by atoms with E-state index in [9.17, 15) is 56.9 Å². The van der Waals surface area contributed by atoms with Gasteiger partial charge in [0.05, 0.1) is 34.3 Å². The number of nitriles is 1. The Morgan fingerprint density at radius 2 is 1.54 bits per heavy atom. The Labute approximate surface area is 256 Å². The van der Waals surface area contributed by atoms with Crippen molar-refractivity contribution in [2.75, 3.05) is 14.1 Å². The van der Waals surface area contributed by atoms with Crippen molar-refractivity contribution < 1.29 is 51.7 Å². The van der Waals surface area contributed by atoms with Gasteiger partial charge >= 0.3 is 0 Å². The summed E-state index contributed by atoms with van der Waals surface area (Å²) in [6.45, 7) is 0. The summed E-state index contributed by atoms with van der Waals surface area (Å²) in [6.07, 6.45) is -1.28. The van der Waals surface area contributed by atoms with Crippen LogP contribution in [-0.4, -0.2) is 68.9 Å². The van der Waals surface area contributed by atoms with Crippen LogP contribution in [-0.2, 0) is 20.8 Å². The second-order valence-electron chi connectivity index (χ2n) is 11.5. The molecule has 1 amide bonds. The SMILES string of the molecule is CN(C)[C@@H]1C(=O)C(C(N)=O)=C(O)[C@@]2(C#N)C(=O)C3=C(O)c4c(O)ccc(C#Cc5c(F)c(F)c(F)c(F)c5F)c4C[C@@]3(N)C[C@@]12N. The van der Waals surface area contributed by atoms with Gasteiger partial charge in [0.1, 0.15) is 28.4 Å². The fourth-order valence-corrected chi connectivity index (χ4v) is 6.79. The Morgan fingerprint density at radius 1 is 0.978 bits per heavy atom. The van der Waals surface area contributed by atoms with Gasteiger partial charge in [0.25, 0.3) is 5.91 Å².